The molecule has 12 N–H and O–H groups in total. The van der Waals surface area contributed by atoms with Crippen LogP contribution >= 0.6 is 0 Å². The normalized spacial score (nSPS) is 11.5. The highest BCUT2D eigenvalue weighted by molar-refractivity contribution is 5.81. The number of carbonyl (C=O) groups excluding carboxylic acids is 8. The first-order valence-corrected chi connectivity index (χ1v) is 34.1. The molecule has 0 saturated heterocycles. The first-order valence-electron chi connectivity index (χ1n) is 34.1. The van der Waals surface area contributed by atoms with Crippen molar-refractivity contribution in [3.63, 3.8) is 0 Å². The molecule has 0 radical (unpaired) electrons. The van der Waals surface area contributed by atoms with E-state index in [1.165, 1.54) is 5.56 Å². The predicted octanol–water partition coefficient (Wildman–Crippen LogP) is 9.22. The highest BCUT2D eigenvalue weighted by Crippen LogP contribution is 2.20. The topological polar surface area (TPSA) is 291 Å². The monoisotopic (exact) mass is 1330 g/mol. The fourth-order valence-corrected chi connectivity index (χ4v) is 9.06. The van der Waals surface area contributed by atoms with Crippen molar-refractivity contribution in [2.75, 3.05) is 33.1 Å². The van der Waals surface area contributed by atoms with Crippen LogP contribution in [0.5, 0.6) is 0 Å². The number of rotatable bonds is 31. The summed E-state index contributed by atoms with van der Waals surface area (Å²) in [6.45, 7) is 40.6. The first kappa shape index (κ1) is 86.3. The van der Waals surface area contributed by atoms with Gasteiger partial charge in [0, 0.05) is 138 Å². The molecule has 0 heterocycles. The quantitative estimate of drug-likeness (QED) is 0.0226. The lowest BCUT2D eigenvalue weighted by Gasteiger charge is -2.20. The zero-order chi connectivity index (χ0) is 73.3. The molecule has 0 aliphatic rings. The van der Waals surface area contributed by atoms with Gasteiger partial charge in [0.15, 0.2) is 0 Å². The van der Waals surface area contributed by atoms with Gasteiger partial charge in [-0.3, -0.25) is 38.4 Å². The number of hydrogen-bond acceptors (Lipinski definition) is 12. The van der Waals surface area contributed by atoms with Gasteiger partial charge in [0.1, 0.15) is 0 Å². The lowest BCUT2D eigenvalue weighted by molar-refractivity contribution is -0.124. The molecule has 20 heteroatoms. The van der Waals surface area contributed by atoms with Gasteiger partial charge in [0.25, 0.3) is 0 Å². The standard InChI is InChI=1S/C20H33N3O2.2C19H31N3O2.C18H29N3O2/c1-13(2)18(24)22-11-16-7-15(10-20(5,6)21)8-17(9-16)12-23-19(25)14(3)4;1-13(2)18(23)20-10-15-7-16(11-21-19(24)14(3)4)9-17(8-15)12-22(5)6;1-12(2)18(23)21-10-16-7-15(6-14(5)20)8-17(9-16)11-22-19(24)13(3)4;1-12(2)17(22)19-10-14-7-15(9-16(8-14)21(5)6)11-20-18(23)13(3)4/h7-9,13-14H,10-12,21H2,1-6H3,(H,22,24)(H,23,25);7-9,13-14H,10-12H2,1-6H3,(H,20,23)(H,21,24);7-9,12-14H,6,10-11,20H2,1-5H3,(H,21,23)(H,22,24);7-9,12-13H,10-11H2,1-6H3,(H,19,22)(H,20,23). The number of nitrogens with zero attached hydrogens (tertiary/aromatic N) is 2. The van der Waals surface area contributed by atoms with Gasteiger partial charge in [-0.15, -0.1) is 0 Å². The maximum Gasteiger partial charge on any atom is 0.222 e. The molecule has 0 aliphatic carbocycles. The van der Waals surface area contributed by atoms with E-state index in [9.17, 15) is 38.4 Å². The third-order valence-electron chi connectivity index (χ3n) is 14.5. The Balaban J connectivity index is 0.000000640. The second-order valence-electron chi connectivity index (χ2n) is 28.9. The van der Waals surface area contributed by atoms with Gasteiger partial charge in [-0.25, -0.2) is 0 Å². The van der Waals surface area contributed by atoms with Gasteiger partial charge in [0.2, 0.25) is 47.3 Å². The Hall–Kier alpha value is -7.68. The minimum atomic E-state index is -0.321. The summed E-state index contributed by atoms with van der Waals surface area (Å²) in [6.07, 6.45) is 1.49. The highest BCUT2D eigenvalue weighted by atomic mass is 16.2. The first-order chi connectivity index (χ1) is 44.5. The smallest absolute Gasteiger partial charge is 0.222 e. The zero-order valence-electron chi connectivity index (χ0n) is 62.7. The van der Waals surface area contributed by atoms with E-state index >= 15 is 0 Å². The Morgan fingerprint density at radius 1 is 0.323 bits per heavy atom. The molecule has 4 rings (SSSR count). The van der Waals surface area contributed by atoms with Crippen LogP contribution in [0.2, 0.25) is 0 Å². The summed E-state index contributed by atoms with van der Waals surface area (Å²) in [5, 5.41) is 23.5. The van der Waals surface area contributed by atoms with Crippen molar-refractivity contribution in [2.24, 2.45) is 58.8 Å². The number of carbonyl (C=O) groups is 8. The van der Waals surface area contributed by atoms with E-state index in [4.69, 9.17) is 11.5 Å². The van der Waals surface area contributed by atoms with Crippen molar-refractivity contribution in [3.8, 4) is 0 Å². The van der Waals surface area contributed by atoms with Crippen molar-refractivity contribution in [2.45, 2.75) is 215 Å². The number of anilines is 1. The van der Waals surface area contributed by atoms with Crippen LogP contribution < -0.4 is 58.9 Å². The summed E-state index contributed by atoms with van der Waals surface area (Å²) in [4.78, 5) is 98.3. The van der Waals surface area contributed by atoms with Gasteiger partial charge in [-0.1, -0.05) is 171 Å². The molecule has 0 spiro atoms. The molecule has 20 nitrogen and oxygen atoms in total. The van der Waals surface area contributed by atoms with Gasteiger partial charge in [-0.2, -0.15) is 0 Å². The second-order valence-corrected chi connectivity index (χ2v) is 28.9. The molecule has 536 valence electrons. The van der Waals surface area contributed by atoms with E-state index < -0.39 is 0 Å². The van der Waals surface area contributed by atoms with E-state index in [0.717, 1.165) is 80.7 Å². The van der Waals surface area contributed by atoms with Crippen LogP contribution in [-0.4, -0.2) is 91.9 Å². The van der Waals surface area contributed by atoms with Crippen LogP contribution in [0.15, 0.2) is 72.8 Å². The van der Waals surface area contributed by atoms with Gasteiger partial charge >= 0.3 is 0 Å². The summed E-state index contributed by atoms with van der Waals surface area (Å²) in [6, 6.07) is 24.8. The third-order valence-corrected chi connectivity index (χ3v) is 14.5. The largest absolute Gasteiger partial charge is 0.378 e. The molecule has 0 saturated carbocycles. The minimum absolute atomic E-state index is 0.0271. The van der Waals surface area contributed by atoms with E-state index in [1.54, 1.807) is 0 Å². The Morgan fingerprint density at radius 3 is 0.688 bits per heavy atom. The van der Waals surface area contributed by atoms with Crippen LogP contribution in [0.3, 0.4) is 0 Å². The summed E-state index contributed by atoms with van der Waals surface area (Å²) in [5.74, 6) is -0.0117. The Kier molecular flexibility index (Phi) is 39.1. The highest BCUT2D eigenvalue weighted by Gasteiger charge is 2.18. The summed E-state index contributed by atoms with van der Waals surface area (Å²) < 4.78 is 0. The summed E-state index contributed by atoms with van der Waals surface area (Å²) >= 11 is 0. The van der Waals surface area contributed by atoms with Crippen molar-refractivity contribution in [3.05, 3.63) is 134 Å². The molecule has 1 atom stereocenters. The third kappa shape index (κ3) is 37.6. The Morgan fingerprint density at radius 2 is 0.510 bits per heavy atom. The number of hydrogen-bond donors (Lipinski definition) is 10. The molecule has 4 aromatic carbocycles. The van der Waals surface area contributed by atoms with Crippen molar-refractivity contribution < 1.29 is 38.4 Å². The van der Waals surface area contributed by atoms with Gasteiger partial charge < -0.3 is 63.8 Å². The molecule has 0 aromatic heterocycles. The van der Waals surface area contributed by atoms with Crippen LogP contribution in [0.1, 0.15) is 193 Å². The molecular formula is C76H124N12O8. The summed E-state index contributed by atoms with van der Waals surface area (Å²) in [5.41, 5.74) is 24.4. The Labute approximate surface area is 576 Å². The maximum absolute atomic E-state index is 11.8. The molecule has 96 heavy (non-hydrogen) atoms. The number of amides is 8. The SMILES string of the molecule is CC(C)C(=O)NCc1cc(CNC(=O)C(C)C)cc(CC(C)(C)N)c1.CC(C)C(=O)NCc1cc(CNC(=O)C(C)C)cc(CN(C)C)c1.CC(C)C(=O)NCc1cc(CNC(=O)C(C)C)cc(N(C)C)c1.CC(N)Cc1cc(CNC(=O)C(C)C)cc(CNC(=O)C(C)C)c1. The Bertz CT molecular complexity index is 2830. The lowest BCUT2D eigenvalue weighted by atomic mass is 9.93. The van der Waals surface area contributed by atoms with Crippen LogP contribution in [0.4, 0.5) is 5.69 Å². The van der Waals surface area contributed by atoms with Crippen molar-refractivity contribution in [1.29, 1.82) is 0 Å². The second kappa shape index (κ2) is 43.5. The molecule has 4 aromatic rings. The molecular weight excluding hydrogens is 1210 g/mol. The summed E-state index contributed by atoms with van der Waals surface area (Å²) in [7, 11) is 7.99. The fraction of sp³-hybridized carbons (Fsp3) is 0.579. The van der Waals surface area contributed by atoms with E-state index in [1.807, 2.05) is 201 Å². The minimum Gasteiger partial charge on any atom is -0.378 e. The fourth-order valence-electron chi connectivity index (χ4n) is 9.06. The van der Waals surface area contributed by atoms with Crippen molar-refractivity contribution >= 4 is 52.9 Å². The molecule has 0 aliphatic heterocycles. The van der Waals surface area contributed by atoms with Gasteiger partial charge in [0.05, 0.1) is 0 Å². The van der Waals surface area contributed by atoms with Crippen molar-refractivity contribution in [1.82, 2.24) is 47.4 Å². The van der Waals surface area contributed by atoms with E-state index in [2.05, 4.69) is 83.8 Å². The average Bonchev–Trinajstić information content (AvgIpc) is 0.888. The number of benzene rings is 4. The van der Waals surface area contributed by atoms with E-state index in [0.29, 0.717) is 52.4 Å². The zero-order valence-corrected chi connectivity index (χ0v) is 62.7. The number of nitrogens with one attached hydrogen (secondary N) is 8. The molecule has 0 bridgehead atoms. The van der Waals surface area contributed by atoms with Gasteiger partial charge in [-0.05, 0) is 121 Å². The average molecular weight is 1330 g/mol. The van der Waals surface area contributed by atoms with E-state index in [-0.39, 0.29) is 106 Å². The molecule has 8 amide bonds. The molecule has 1 unspecified atom stereocenters. The maximum atomic E-state index is 11.8. The lowest BCUT2D eigenvalue weighted by Crippen LogP contribution is -2.34. The van der Waals surface area contributed by atoms with Crippen LogP contribution in [0, 0.1) is 47.3 Å². The number of nitrogens with two attached hydrogens (primary N) is 2. The predicted molar refractivity (Wildman–Crippen MR) is 390 cm³/mol. The molecule has 0 fully saturated rings. The van der Waals surface area contributed by atoms with Crippen LogP contribution in [0.25, 0.3) is 0 Å². The van der Waals surface area contributed by atoms with Crippen LogP contribution in [-0.2, 0) is 110 Å².